The topological polar surface area (TPSA) is 43.4 Å². The molecule has 0 atom stereocenters. The Hall–Kier alpha value is -1.78. The molecule has 0 amide bonds. The molecule has 0 aliphatic rings. The highest BCUT2D eigenvalue weighted by Gasteiger charge is 2.10. The first kappa shape index (κ1) is 14.6. The molecule has 0 spiro atoms. The van der Waals surface area contributed by atoms with Crippen molar-refractivity contribution in [2.75, 3.05) is 7.11 Å². The van der Waals surface area contributed by atoms with Gasteiger partial charge in [0.15, 0.2) is 9.84 Å². The van der Waals surface area contributed by atoms with Crippen LogP contribution in [0.1, 0.15) is 5.56 Å². The van der Waals surface area contributed by atoms with Crippen molar-refractivity contribution in [1.82, 2.24) is 0 Å². The molecule has 0 aliphatic heterocycles. The minimum atomic E-state index is -3.48. The highest BCUT2D eigenvalue weighted by atomic mass is 35.5. The van der Waals surface area contributed by atoms with Crippen LogP contribution in [0.4, 0.5) is 0 Å². The fourth-order valence-electron chi connectivity index (χ4n) is 1.62. The maximum atomic E-state index is 12.1. The lowest BCUT2D eigenvalue weighted by molar-refractivity contribution is 0.414. The van der Waals surface area contributed by atoms with Crippen LogP contribution in [0, 0.1) is 0 Å². The van der Waals surface area contributed by atoms with Crippen molar-refractivity contribution in [3.63, 3.8) is 0 Å². The fraction of sp³-hybridized carbons (Fsp3) is 0.0667. The first-order chi connectivity index (χ1) is 9.51. The number of methoxy groups -OCH3 is 1. The lowest BCUT2D eigenvalue weighted by Gasteiger charge is -2.02. The Morgan fingerprint density at radius 2 is 1.80 bits per heavy atom. The third-order valence-corrected chi connectivity index (χ3v) is 4.34. The summed E-state index contributed by atoms with van der Waals surface area (Å²) in [5.41, 5.74) is 0.731. The highest BCUT2D eigenvalue weighted by Crippen LogP contribution is 2.19. The molecule has 0 aromatic heterocycles. The van der Waals surface area contributed by atoms with Crippen molar-refractivity contribution in [3.8, 4) is 5.75 Å². The van der Waals surface area contributed by atoms with Gasteiger partial charge in [0.2, 0.25) is 0 Å². The first-order valence-electron chi connectivity index (χ1n) is 5.84. The quantitative estimate of drug-likeness (QED) is 0.863. The summed E-state index contributed by atoms with van der Waals surface area (Å²) in [6.07, 6.45) is 1.52. The van der Waals surface area contributed by atoms with Crippen molar-refractivity contribution >= 4 is 27.5 Å². The Kier molecular flexibility index (Phi) is 4.47. The van der Waals surface area contributed by atoms with Crippen molar-refractivity contribution in [3.05, 3.63) is 64.5 Å². The predicted molar refractivity (Wildman–Crippen MR) is 80.7 cm³/mol. The van der Waals surface area contributed by atoms with Gasteiger partial charge in [-0.3, -0.25) is 0 Å². The summed E-state index contributed by atoms with van der Waals surface area (Å²) in [5.74, 6) is 0.614. The van der Waals surface area contributed by atoms with E-state index in [1.165, 1.54) is 30.7 Å². The van der Waals surface area contributed by atoms with Crippen LogP contribution in [-0.4, -0.2) is 15.5 Å². The van der Waals surface area contributed by atoms with Crippen molar-refractivity contribution in [2.45, 2.75) is 4.90 Å². The van der Waals surface area contributed by atoms with E-state index in [4.69, 9.17) is 16.3 Å². The third kappa shape index (κ3) is 3.62. The van der Waals surface area contributed by atoms with Crippen LogP contribution in [-0.2, 0) is 9.84 Å². The van der Waals surface area contributed by atoms with Crippen LogP contribution < -0.4 is 4.74 Å². The molecule has 0 fully saturated rings. The van der Waals surface area contributed by atoms with E-state index in [-0.39, 0.29) is 4.90 Å². The van der Waals surface area contributed by atoms with E-state index in [1.54, 1.807) is 36.4 Å². The predicted octanol–water partition coefficient (Wildman–Crippen LogP) is 3.79. The van der Waals surface area contributed by atoms with E-state index in [1.807, 2.05) is 0 Å². The number of benzene rings is 2. The second-order valence-electron chi connectivity index (χ2n) is 4.08. The standard InChI is InChI=1S/C15H13ClO3S/c1-19-14-5-7-15(8-6-14)20(17,18)10-9-12-3-2-4-13(16)11-12/h2-11H,1H3/b10-9+. The average Bonchev–Trinajstić information content (AvgIpc) is 2.45. The van der Waals surface area contributed by atoms with Crippen LogP contribution in [0.2, 0.25) is 5.02 Å². The fourth-order valence-corrected chi connectivity index (χ4v) is 2.83. The van der Waals surface area contributed by atoms with Gasteiger partial charge < -0.3 is 4.74 Å². The Morgan fingerprint density at radius 1 is 1.10 bits per heavy atom. The smallest absolute Gasteiger partial charge is 0.199 e. The Bertz CT molecular complexity index is 719. The minimum absolute atomic E-state index is 0.219. The molecule has 5 heteroatoms. The van der Waals surface area contributed by atoms with Crippen LogP contribution in [0.3, 0.4) is 0 Å². The van der Waals surface area contributed by atoms with Gasteiger partial charge >= 0.3 is 0 Å². The maximum Gasteiger partial charge on any atom is 0.199 e. The summed E-state index contributed by atoms with van der Waals surface area (Å²) in [6.45, 7) is 0. The molecule has 0 heterocycles. The molecule has 20 heavy (non-hydrogen) atoms. The molecular formula is C15H13ClO3S. The molecule has 0 saturated carbocycles. The van der Waals surface area contributed by atoms with Crippen LogP contribution in [0.5, 0.6) is 5.75 Å². The number of sulfone groups is 1. The zero-order chi connectivity index (χ0) is 14.6. The van der Waals surface area contributed by atoms with Gasteiger partial charge in [0, 0.05) is 10.4 Å². The zero-order valence-electron chi connectivity index (χ0n) is 10.8. The van der Waals surface area contributed by atoms with Crippen LogP contribution in [0.25, 0.3) is 6.08 Å². The Morgan fingerprint density at radius 3 is 2.40 bits per heavy atom. The summed E-state index contributed by atoms with van der Waals surface area (Å²) in [6, 6.07) is 13.2. The largest absolute Gasteiger partial charge is 0.497 e. The summed E-state index contributed by atoms with van der Waals surface area (Å²) < 4.78 is 29.3. The van der Waals surface area contributed by atoms with Crippen molar-refractivity contribution in [1.29, 1.82) is 0 Å². The molecule has 0 radical (unpaired) electrons. The van der Waals surface area contributed by atoms with E-state index < -0.39 is 9.84 Å². The van der Waals surface area contributed by atoms with Gasteiger partial charge in [-0.25, -0.2) is 8.42 Å². The number of halogens is 1. The number of ether oxygens (including phenoxy) is 1. The number of hydrogen-bond acceptors (Lipinski definition) is 3. The second-order valence-corrected chi connectivity index (χ2v) is 6.35. The molecule has 0 saturated heterocycles. The van der Waals surface area contributed by atoms with Gasteiger partial charge in [-0.05, 0) is 48.0 Å². The van der Waals surface area contributed by atoms with E-state index in [9.17, 15) is 8.42 Å². The highest BCUT2D eigenvalue weighted by molar-refractivity contribution is 7.94. The van der Waals surface area contributed by atoms with Gasteiger partial charge in [-0.15, -0.1) is 0 Å². The molecule has 104 valence electrons. The molecule has 2 aromatic carbocycles. The van der Waals surface area contributed by atoms with E-state index in [2.05, 4.69) is 0 Å². The summed E-state index contributed by atoms with van der Waals surface area (Å²) in [7, 11) is -1.95. The summed E-state index contributed by atoms with van der Waals surface area (Å²) in [4.78, 5) is 0.219. The number of hydrogen-bond donors (Lipinski definition) is 0. The zero-order valence-corrected chi connectivity index (χ0v) is 12.4. The third-order valence-electron chi connectivity index (χ3n) is 2.68. The lowest BCUT2D eigenvalue weighted by atomic mass is 10.2. The lowest BCUT2D eigenvalue weighted by Crippen LogP contribution is -1.96. The molecule has 0 aliphatic carbocycles. The molecule has 2 aromatic rings. The van der Waals surface area contributed by atoms with Crippen LogP contribution in [0.15, 0.2) is 58.8 Å². The van der Waals surface area contributed by atoms with Crippen LogP contribution >= 0.6 is 11.6 Å². The molecular weight excluding hydrogens is 296 g/mol. The van der Waals surface area contributed by atoms with Gasteiger partial charge in [0.25, 0.3) is 0 Å². The second kappa shape index (κ2) is 6.11. The molecule has 0 N–H and O–H groups in total. The minimum Gasteiger partial charge on any atom is -0.497 e. The van der Waals surface area contributed by atoms with Crippen molar-refractivity contribution in [2.24, 2.45) is 0 Å². The maximum absolute atomic E-state index is 12.1. The Labute approximate surface area is 123 Å². The normalized spacial score (nSPS) is 11.7. The Balaban J connectivity index is 2.26. The summed E-state index contributed by atoms with van der Waals surface area (Å²) in [5, 5.41) is 1.73. The van der Waals surface area contributed by atoms with Gasteiger partial charge in [-0.1, -0.05) is 23.7 Å². The van der Waals surface area contributed by atoms with E-state index in [0.29, 0.717) is 10.8 Å². The van der Waals surface area contributed by atoms with Gasteiger partial charge in [0.05, 0.1) is 12.0 Å². The summed E-state index contributed by atoms with van der Waals surface area (Å²) >= 11 is 5.85. The molecule has 2 rings (SSSR count). The first-order valence-corrected chi connectivity index (χ1v) is 7.76. The average molecular weight is 309 g/mol. The van der Waals surface area contributed by atoms with E-state index in [0.717, 1.165) is 5.56 Å². The molecule has 0 unspecified atom stereocenters. The SMILES string of the molecule is COc1ccc(S(=O)(=O)/C=C/c2cccc(Cl)c2)cc1. The van der Waals surface area contributed by atoms with Gasteiger partial charge in [-0.2, -0.15) is 0 Å². The van der Waals surface area contributed by atoms with Gasteiger partial charge in [0.1, 0.15) is 5.75 Å². The van der Waals surface area contributed by atoms with E-state index >= 15 is 0 Å². The molecule has 0 bridgehead atoms. The monoisotopic (exact) mass is 308 g/mol. The number of rotatable bonds is 4. The van der Waals surface area contributed by atoms with Crippen molar-refractivity contribution < 1.29 is 13.2 Å². The molecule has 3 nitrogen and oxygen atoms in total.